The van der Waals surface area contributed by atoms with Gasteiger partial charge in [0.25, 0.3) is 0 Å². The van der Waals surface area contributed by atoms with E-state index in [4.69, 9.17) is 0 Å². The number of rotatable bonds is 6. The molecule has 0 fully saturated rings. The van der Waals surface area contributed by atoms with Crippen LogP contribution in [-0.2, 0) is 15.0 Å². The molecule has 0 saturated carbocycles. The number of fused-ring (bicyclic) bond motifs is 1. The van der Waals surface area contributed by atoms with Crippen molar-refractivity contribution >= 4 is 28.3 Å². The summed E-state index contributed by atoms with van der Waals surface area (Å²) in [7, 11) is 0. The third-order valence-electron chi connectivity index (χ3n) is 4.67. The number of anilines is 1. The molecule has 0 aliphatic heterocycles. The number of amides is 2. The highest BCUT2D eigenvalue weighted by Crippen LogP contribution is 2.26. The first-order valence-electron chi connectivity index (χ1n) is 9.05. The first-order valence-corrected chi connectivity index (χ1v) is 9.05. The molecule has 3 rings (SSSR count). The van der Waals surface area contributed by atoms with Crippen LogP contribution in [-0.4, -0.2) is 18.4 Å². The van der Waals surface area contributed by atoms with E-state index in [-0.39, 0.29) is 23.8 Å². The van der Waals surface area contributed by atoms with E-state index in [1.165, 1.54) is 0 Å². The average molecular weight is 360 g/mol. The summed E-state index contributed by atoms with van der Waals surface area (Å²) in [6.45, 7) is 4.00. The van der Waals surface area contributed by atoms with E-state index >= 15 is 0 Å². The van der Waals surface area contributed by atoms with Gasteiger partial charge in [-0.05, 0) is 22.4 Å². The van der Waals surface area contributed by atoms with Crippen LogP contribution in [0, 0.1) is 0 Å². The molecule has 0 spiro atoms. The molecule has 138 valence electrons. The molecule has 4 heteroatoms. The lowest BCUT2D eigenvalue weighted by molar-refractivity contribution is -0.125. The zero-order valence-corrected chi connectivity index (χ0v) is 15.7. The molecule has 0 bridgehead atoms. The molecule has 4 nitrogen and oxygen atoms in total. The molecule has 0 aromatic heterocycles. The van der Waals surface area contributed by atoms with Crippen molar-refractivity contribution in [2.75, 3.05) is 11.9 Å². The molecule has 3 aromatic carbocycles. The topological polar surface area (TPSA) is 58.2 Å². The summed E-state index contributed by atoms with van der Waals surface area (Å²) in [6.07, 6.45) is 0.318. The minimum atomic E-state index is -0.294. The smallest absolute Gasteiger partial charge is 0.243 e. The Morgan fingerprint density at radius 1 is 0.815 bits per heavy atom. The quantitative estimate of drug-likeness (QED) is 0.690. The van der Waals surface area contributed by atoms with Gasteiger partial charge < -0.3 is 10.6 Å². The third-order valence-corrected chi connectivity index (χ3v) is 4.67. The Labute approximate surface area is 159 Å². The van der Waals surface area contributed by atoms with Gasteiger partial charge in [-0.1, -0.05) is 80.6 Å². The van der Waals surface area contributed by atoms with Crippen molar-refractivity contribution in [1.29, 1.82) is 0 Å². The van der Waals surface area contributed by atoms with Crippen LogP contribution in [0.4, 0.5) is 5.69 Å². The van der Waals surface area contributed by atoms with Gasteiger partial charge in [-0.25, -0.2) is 0 Å². The molecule has 3 aromatic rings. The van der Waals surface area contributed by atoms with Crippen LogP contribution in [0.2, 0.25) is 0 Å². The predicted molar refractivity (Wildman–Crippen MR) is 110 cm³/mol. The minimum absolute atomic E-state index is 0.0487. The number of carbonyl (C=O) groups excluding carboxylic acids is 2. The van der Waals surface area contributed by atoms with Crippen molar-refractivity contribution in [2.24, 2.45) is 0 Å². The molecule has 0 aliphatic rings. The van der Waals surface area contributed by atoms with Gasteiger partial charge in [0.2, 0.25) is 11.8 Å². The van der Waals surface area contributed by atoms with E-state index in [0.717, 1.165) is 22.0 Å². The fraction of sp³-hybridized carbons (Fsp3) is 0.217. The summed E-state index contributed by atoms with van der Waals surface area (Å²) in [5.41, 5.74) is 1.55. The Balaban J connectivity index is 1.56. The highest BCUT2D eigenvalue weighted by Gasteiger charge is 2.24. The van der Waals surface area contributed by atoms with E-state index in [1.54, 1.807) is 0 Å². The Bertz CT molecular complexity index is 944. The summed E-state index contributed by atoms with van der Waals surface area (Å²) >= 11 is 0. The van der Waals surface area contributed by atoms with Gasteiger partial charge in [0, 0.05) is 17.5 Å². The number of nitrogens with one attached hydrogen (secondary N) is 2. The molecular weight excluding hydrogens is 336 g/mol. The van der Waals surface area contributed by atoms with Crippen molar-refractivity contribution in [2.45, 2.75) is 25.7 Å². The van der Waals surface area contributed by atoms with E-state index in [0.29, 0.717) is 6.42 Å². The lowest BCUT2D eigenvalue weighted by atomic mass is 9.81. The highest BCUT2D eigenvalue weighted by molar-refractivity contribution is 6.03. The first-order chi connectivity index (χ1) is 13.0. The maximum atomic E-state index is 12.3. The maximum absolute atomic E-state index is 12.3. The Morgan fingerprint density at radius 3 is 2.26 bits per heavy atom. The Morgan fingerprint density at radius 2 is 1.48 bits per heavy atom. The summed E-state index contributed by atoms with van der Waals surface area (Å²) in [5, 5.41) is 7.64. The van der Waals surface area contributed by atoms with Crippen LogP contribution in [0.15, 0.2) is 72.8 Å². The number of benzene rings is 3. The fourth-order valence-electron chi connectivity index (χ4n) is 3.16. The zero-order chi connectivity index (χ0) is 19.3. The molecule has 2 amide bonds. The van der Waals surface area contributed by atoms with E-state index in [1.807, 2.05) is 86.6 Å². The number of carbonyl (C=O) groups is 2. The van der Waals surface area contributed by atoms with Gasteiger partial charge in [-0.15, -0.1) is 0 Å². The second kappa shape index (κ2) is 8.04. The van der Waals surface area contributed by atoms with Crippen molar-refractivity contribution in [3.63, 3.8) is 0 Å². The average Bonchev–Trinajstić information content (AvgIpc) is 2.67. The maximum Gasteiger partial charge on any atom is 0.243 e. The standard InChI is InChI=1S/C23H24N2O2/c1-23(2,18-11-4-3-5-12-18)15-21(26)24-16-22(27)25-20-14-8-10-17-9-6-7-13-19(17)20/h3-14H,15-16H2,1-2H3,(H,24,26)(H,25,27). The molecule has 2 N–H and O–H groups in total. The second-order valence-electron chi connectivity index (χ2n) is 7.28. The van der Waals surface area contributed by atoms with Gasteiger partial charge in [0.15, 0.2) is 0 Å². The zero-order valence-electron chi connectivity index (χ0n) is 15.7. The van der Waals surface area contributed by atoms with Crippen LogP contribution in [0.25, 0.3) is 10.8 Å². The fourth-order valence-corrected chi connectivity index (χ4v) is 3.16. The summed E-state index contributed by atoms with van der Waals surface area (Å²) in [5.74, 6) is -0.380. The lowest BCUT2D eigenvalue weighted by Gasteiger charge is -2.24. The number of hydrogen-bond donors (Lipinski definition) is 2. The van der Waals surface area contributed by atoms with Crippen molar-refractivity contribution in [3.05, 3.63) is 78.4 Å². The van der Waals surface area contributed by atoms with E-state index in [9.17, 15) is 9.59 Å². The molecule has 0 heterocycles. The second-order valence-corrected chi connectivity index (χ2v) is 7.28. The van der Waals surface area contributed by atoms with E-state index < -0.39 is 0 Å². The van der Waals surface area contributed by atoms with Crippen LogP contribution >= 0.6 is 0 Å². The Kier molecular flexibility index (Phi) is 5.55. The largest absolute Gasteiger partial charge is 0.347 e. The number of hydrogen-bond acceptors (Lipinski definition) is 2. The summed E-state index contributed by atoms with van der Waals surface area (Å²) in [6, 6.07) is 23.5. The monoisotopic (exact) mass is 360 g/mol. The summed E-state index contributed by atoms with van der Waals surface area (Å²) in [4.78, 5) is 24.6. The van der Waals surface area contributed by atoms with Crippen molar-refractivity contribution in [1.82, 2.24) is 5.32 Å². The molecule has 0 unspecified atom stereocenters. The predicted octanol–water partition coefficient (Wildman–Crippen LogP) is 4.26. The van der Waals surface area contributed by atoms with Gasteiger partial charge >= 0.3 is 0 Å². The van der Waals surface area contributed by atoms with Crippen LogP contribution in [0.5, 0.6) is 0 Å². The molecule has 0 radical (unpaired) electrons. The normalized spacial score (nSPS) is 11.2. The first kappa shape index (κ1) is 18.6. The van der Waals surface area contributed by atoms with Gasteiger partial charge in [0.1, 0.15) is 0 Å². The molecular formula is C23H24N2O2. The van der Waals surface area contributed by atoms with Crippen LogP contribution < -0.4 is 10.6 Å². The van der Waals surface area contributed by atoms with Gasteiger partial charge in [0.05, 0.1) is 6.54 Å². The van der Waals surface area contributed by atoms with Crippen LogP contribution in [0.1, 0.15) is 25.8 Å². The molecule has 0 aliphatic carbocycles. The van der Waals surface area contributed by atoms with Crippen molar-refractivity contribution < 1.29 is 9.59 Å². The molecule has 27 heavy (non-hydrogen) atoms. The van der Waals surface area contributed by atoms with Gasteiger partial charge in [-0.3, -0.25) is 9.59 Å². The summed E-state index contributed by atoms with van der Waals surface area (Å²) < 4.78 is 0. The van der Waals surface area contributed by atoms with Crippen LogP contribution in [0.3, 0.4) is 0 Å². The SMILES string of the molecule is CC(C)(CC(=O)NCC(=O)Nc1cccc2ccccc12)c1ccccc1. The lowest BCUT2D eigenvalue weighted by Crippen LogP contribution is -2.36. The minimum Gasteiger partial charge on any atom is -0.347 e. The van der Waals surface area contributed by atoms with E-state index in [2.05, 4.69) is 10.6 Å². The highest BCUT2D eigenvalue weighted by atomic mass is 16.2. The third kappa shape index (κ3) is 4.73. The van der Waals surface area contributed by atoms with Gasteiger partial charge in [-0.2, -0.15) is 0 Å². The molecule has 0 saturated heterocycles. The molecule has 0 atom stereocenters. The van der Waals surface area contributed by atoms with Crippen molar-refractivity contribution in [3.8, 4) is 0 Å². The Hall–Kier alpha value is -3.14.